The van der Waals surface area contributed by atoms with Gasteiger partial charge in [0.2, 0.25) is 11.1 Å². The van der Waals surface area contributed by atoms with Gasteiger partial charge in [-0.3, -0.25) is 9.36 Å². The number of tetrazole rings is 1. The van der Waals surface area contributed by atoms with Gasteiger partial charge in [0.15, 0.2) is 0 Å². The van der Waals surface area contributed by atoms with Crippen molar-refractivity contribution in [2.75, 3.05) is 0 Å². The zero-order valence-electron chi connectivity index (χ0n) is 13.2. The van der Waals surface area contributed by atoms with Crippen LogP contribution in [0.5, 0.6) is 0 Å². The molecule has 4 rings (SSSR count). The van der Waals surface area contributed by atoms with Crippen LogP contribution in [0.1, 0.15) is 11.7 Å². The van der Waals surface area contributed by atoms with E-state index in [0.29, 0.717) is 5.16 Å². The van der Waals surface area contributed by atoms with Gasteiger partial charge in [0.1, 0.15) is 0 Å². The lowest BCUT2D eigenvalue weighted by molar-refractivity contribution is 0.0925. The highest BCUT2D eigenvalue weighted by molar-refractivity contribution is 8.00. The molecule has 0 aliphatic heterocycles. The van der Waals surface area contributed by atoms with Gasteiger partial charge in [0.05, 0.1) is 16.3 Å². The number of carbonyl (C=O) groups excluding carboxylic acids is 1. The highest BCUT2D eigenvalue weighted by atomic mass is 32.2. The summed E-state index contributed by atoms with van der Waals surface area (Å²) in [5.41, 5.74) is 1.85. The van der Waals surface area contributed by atoms with Crippen LogP contribution in [0.2, 0.25) is 0 Å². The van der Waals surface area contributed by atoms with E-state index in [-0.39, 0.29) is 11.2 Å². The number of hydrogen-bond acceptors (Lipinski definition) is 5. The summed E-state index contributed by atoms with van der Waals surface area (Å²) in [6.07, 6.45) is 0. The molecule has 1 unspecified atom stereocenters. The van der Waals surface area contributed by atoms with Gasteiger partial charge in [-0.15, -0.1) is 5.10 Å². The third-order valence-electron chi connectivity index (χ3n) is 4.01. The lowest BCUT2D eigenvalue weighted by Gasteiger charge is -2.12. The molecule has 0 saturated carbocycles. The van der Waals surface area contributed by atoms with E-state index in [4.69, 9.17) is 0 Å². The number of rotatable bonds is 3. The summed E-state index contributed by atoms with van der Waals surface area (Å²) in [5, 5.41) is 13.9. The number of aromatic nitrogens is 5. The normalized spacial score (nSPS) is 12.8. The first-order valence-corrected chi connectivity index (χ1v) is 8.46. The van der Waals surface area contributed by atoms with E-state index in [2.05, 4.69) is 15.5 Å². The second-order valence-corrected chi connectivity index (χ2v) is 6.86. The van der Waals surface area contributed by atoms with Gasteiger partial charge in [0.25, 0.3) is 0 Å². The SMILES string of the molecule is CC(Sc1nnnn1C)C(=O)n1c2ccccc2c2ccccc21. The molecule has 2 heterocycles. The molecule has 120 valence electrons. The van der Waals surface area contributed by atoms with E-state index in [1.54, 1.807) is 16.3 Å². The molecule has 1 atom stereocenters. The average Bonchev–Trinajstić information content (AvgIpc) is 3.15. The number of thioether (sulfide) groups is 1. The van der Waals surface area contributed by atoms with Crippen LogP contribution in [0.15, 0.2) is 53.7 Å². The molecule has 7 heteroatoms. The van der Waals surface area contributed by atoms with Crippen molar-refractivity contribution in [3.8, 4) is 0 Å². The molecule has 0 fully saturated rings. The quantitative estimate of drug-likeness (QED) is 0.537. The fourth-order valence-electron chi connectivity index (χ4n) is 2.87. The second kappa shape index (κ2) is 5.76. The Morgan fingerprint density at radius 1 is 1.04 bits per heavy atom. The molecule has 2 aromatic carbocycles. The maximum Gasteiger partial charge on any atom is 0.244 e. The average molecular weight is 337 g/mol. The van der Waals surface area contributed by atoms with Crippen LogP contribution in [0.3, 0.4) is 0 Å². The van der Waals surface area contributed by atoms with Crippen LogP contribution < -0.4 is 0 Å². The molecular weight excluding hydrogens is 322 g/mol. The van der Waals surface area contributed by atoms with Crippen molar-refractivity contribution in [2.24, 2.45) is 7.05 Å². The van der Waals surface area contributed by atoms with Crippen LogP contribution in [0.4, 0.5) is 0 Å². The maximum absolute atomic E-state index is 13.1. The van der Waals surface area contributed by atoms with Crippen LogP contribution in [-0.4, -0.2) is 35.9 Å². The van der Waals surface area contributed by atoms with Crippen molar-refractivity contribution >= 4 is 39.5 Å². The van der Waals surface area contributed by atoms with Gasteiger partial charge < -0.3 is 0 Å². The Balaban J connectivity index is 1.82. The van der Waals surface area contributed by atoms with Gasteiger partial charge >= 0.3 is 0 Å². The molecule has 4 aromatic rings. The lowest BCUT2D eigenvalue weighted by Crippen LogP contribution is -2.21. The van der Waals surface area contributed by atoms with E-state index < -0.39 is 0 Å². The van der Waals surface area contributed by atoms with E-state index in [0.717, 1.165) is 21.8 Å². The van der Waals surface area contributed by atoms with Crippen LogP contribution in [-0.2, 0) is 7.05 Å². The minimum atomic E-state index is -0.311. The molecule has 0 saturated heterocycles. The molecule has 0 radical (unpaired) electrons. The number of hydrogen-bond donors (Lipinski definition) is 0. The highest BCUT2D eigenvalue weighted by Crippen LogP contribution is 2.31. The van der Waals surface area contributed by atoms with E-state index in [1.807, 2.05) is 55.5 Å². The Kier molecular flexibility index (Phi) is 3.57. The Morgan fingerprint density at radius 3 is 2.17 bits per heavy atom. The molecule has 0 aliphatic rings. The van der Waals surface area contributed by atoms with Gasteiger partial charge in [-0.1, -0.05) is 48.2 Å². The molecule has 0 aliphatic carbocycles. The summed E-state index contributed by atoms with van der Waals surface area (Å²) < 4.78 is 3.37. The van der Waals surface area contributed by atoms with Crippen molar-refractivity contribution in [1.29, 1.82) is 0 Å². The first kappa shape index (κ1) is 14.9. The number of carbonyl (C=O) groups is 1. The molecule has 6 nitrogen and oxygen atoms in total. The van der Waals surface area contributed by atoms with E-state index in [1.165, 1.54) is 11.8 Å². The Hall–Kier alpha value is -2.67. The van der Waals surface area contributed by atoms with Crippen molar-refractivity contribution < 1.29 is 4.79 Å². The van der Waals surface area contributed by atoms with E-state index in [9.17, 15) is 4.79 Å². The second-order valence-electron chi connectivity index (χ2n) is 5.55. The minimum Gasteiger partial charge on any atom is -0.279 e. The van der Waals surface area contributed by atoms with Crippen LogP contribution >= 0.6 is 11.8 Å². The molecule has 24 heavy (non-hydrogen) atoms. The predicted molar refractivity (Wildman–Crippen MR) is 94.2 cm³/mol. The molecule has 0 bridgehead atoms. The minimum absolute atomic E-state index is 0.0143. The fourth-order valence-corrected chi connectivity index (χ4v) is 3.67. The molecule has 2 aromatic heterocycles. The standard InChI is InChI=1S/C17H15N5OS/c1-11(24-17-18-19-20-21(17)2)16(23)22-14-9-5-3-7-12(14)13-8-4-6-10-15(13)22/h3-11H,1-2H3. The summed E-state index contributed by atoms with van der Waals surface area (Å²) in [4.78, 5) is 13.1. The topological polar surface area (TPSA) is 65.6 Å². The van der Waals surface area contributed by atoms with Crippen LogP contribution in [0.25, 0.3) is 21.8 Å². The third kappa shape index (κ3) is 2.28. The van der Waals surface area contributed by atoms with Gasteiger partial charge in [-0.05, 0) is 29.5 Å². The fraction of sp³-hybridized carbons (Fsp3) is 0.176. The number of benzene rings is 2. The first-order valence-electron chi connectivity index (χ1n) is 7.58. The molecule has 0 N–H and O–H groups in total. The summed E-state index contributed by atoms with van der Waals surface area (Å²) in [5.74, 6) is 0.0143. The van der Waals surface area contributed by atoms with Crippen molar-refractivity contribution in [3.63, 3.8) is 0 Å². The molecule has 0 spiro atoms. The summed E-state index contributed by atoms with van der Waals surface area (Å²) in [7, 11) is 1.76. The van der Waals surface area contributed by atoms with Crippen molar-refractivity contribution in [2.45, 2.75) is 17.3 Å². The van der Waals surface area contributed by atoms with Crippen LogP contribution in [0, 0.1) is 0 Å². The van der Waals surface area contributed by atoms with E-state index >= 15 is 0 Å². The van der Waals surface area contributed by atoms with Gasteiger partial charge in [-0.2, -0.15) is 0 Å². The maximum atomic E-state index is 13.1. The Bertz CT molecular complexity index is 998. The molecular formula is C17H15N5OS. The van der Waals surface area contributed by atoms with Gasteiger partial charge in [0, 0.05) is 17.8 Å². The monoisotopic (exact) mass is 337 g/mol. The number of fused-ring (bicyclic) bond motifs is 3. The number of aryl methyl sites for hydroxylation is 1. The predicted octanol–water partition coefficient (Wildman–Crippen LogP) is 3.14. The van der Waals surface area contributed by atoms with Gasteiger partial charge in [-0.25, -0.2) is 4.68 Å². The first-order chi connectivity index (χ1) is 11.7. The zero-order valence-corrected chi connectivity index (χ0v) is 14.1. The van der Waals surface area contributed by atoms with Crippen molar-refractivity contribution in [3.05, 3.63) is 48.5 Å². The highest BCUT2D eigenvalue weighted by Gasteiger charge is 2.23. The summed E-state index contributed by atoms with van der Waals surface area (Å²) in [6, 6.07) is 15.9. The van der Waals surface area contributed by atoms with Crippen molar-refractivity contribution in [1.82, 2.24) is 24.8 Å². The number of nitrogens with zero attached hydrogens (tertiary/aromatic N) is 5. The lowest BCUT2D eigenvalue weighted by atomic mass is 10.2. The Labute approximate surface area is 142 Å². The summed E-state index contributed by atoms with van der Waals surface area (Å²) >= 11 is 1.36. The smallest absolute Gasteiger partial charge is 0.244 e. The third-order valence-corrected chi connectivity index (χ3v) is 5.12. The summed E-state index contributed by atoms with van der Waals surface area (Å²) in [6.45, 7) is 1.88. The number of para-hydroxylation sites is 2. The largest absolute Gasteiger partial charge is 0.279 e. The Morgan fingerprint density at radius 2 is 1.62 bits per heavy atom. The molecule has 0 amide bonds. The zero-order chi connectivity index (χ0) is 16.7.